The second kappa shape index (κ2) is 7.94. The lowest BCUT2D eigenvalue weighted by atomic mass is 10.1. The fourth-order valence-electron chi connectivity index (χ4n) is 2.02. The maximum Gasteiger partial charge on any atom is 0.325 e. The molecule has 9 heteroatoms. The van der Waals surface area contributed by atoms with Gasteiger partial charge in [-0.1, -0.05) is 17.7 Å². The topological polar surface area (TPSA) is 55.4 Å². The highest BCUT2D eigenvalue weighted by molar-refractivity contribution is 5.96. The number of esters is 1. The molecule has 0 saturated carbocycles. The molecular weight excluding hydrogens is 361 g/mol. The molecule has 1 amide bonds. The van der Waals surface area contributed by atoms with E-state index in [-0.39, 0.29) is 5.56 Å². The van der Waals surface area contributed by atoms with Crippen molar-refractivity contribution >= 4 is 11.9 Å². The zero-order valence-corrected chi connectivity index (χ0v) is 13.3. The fourth-order valence-corrected chi connectivity index (χ4v) is 2.02. The van der Waals surface area contributed by atoms with E-state index in [2.05, 4.69) is 10.1 Å². The Morgan fingerprint density at radius 3 is 2.12 bits per heavy atom. The number of benzene rings is 2. The maximum atomic E-state index is 13.4. The average molecular weight is 373 g/mol. The normalized spacial score (nSPS) is 10.5. The molecule has 0 aliphatic carbocycles. The van der Waals surface area contributed by atoms with Crippen LogP contribution in [-0.2, 0) is 16.1 Å². The van der Waals surface area contributed by atoms with Crippen LogP contribution >= 0.6 is 0 Å². The summed E-state index contributed by atoms with van der Waals surface area (Å²) in [7, 11) is 0. The molecule has 2 aromatic rings. The molecule has 0 fully saturated rings. The first-order chi connectivity index (χ1) is 12.2. The number of rotatable bonds is 5. The van der Waals surface area contributed by atoms with Crippen molar-refractivity contribution in [2.24, 2.45) is 0 Å². The number of amides is 1. The van der Waals surface area contributed by atoms with Gasteiger partial charge in [-0.2, -0.15) is 0 Å². The zero-order valence-electron chi connectivity index (χ0n) is 13.3. The van der Waals surface area contributed by atoms with Crippen molar-refractivity contribution in [2.45, 2.75) is 13.5 Å². The van der Waals surface area contributed by atoms with Gasteiger partial charge in [0.15, 0.2) is 23.3 Å². The summed E-state index contributed by atoms with van der Waals surface area (Å²) in [6, 6.07) is 6.46. The van der Waals surface area contributed by atoms with E-state index in [1.165, 1.54) is 6.07 Å². The van der Waals surface area contributed by atoms with Gasteiger partial charge in [0.2, 0.25) is 5.82 Å². The fraction of sp³-hybridized carbons (Fsp3) is 0.176. The number of carbonyl (C=O) groups is 2. The highest BCUT2D eigenvalue weighted by atomic mass is 19.2. The molecule has 0 heterocycles. The van der Waals surface area contributed by atoms with E-state index in [9.17, 15) is 31.5 Å². The summed E-state index contributed by atoms with van der Waals surface area (Å²) in [6.45, 7) is -0.0673. The first kappa shape index (κ1) is 19.4. The molecule has 0 bridgehead atoms. The molecule has 138 valence electrons. The van der Waals surface area contributed by atoms with Crippen LogP contribution in [0.4, 0.5) is 22.0 Å². The number of hydrogen-bond acceptors (Lipinski definition) is 3. The number of nitrogens with one attached hydrogen (secondary N) is 1. The van der Waals surface area contributed by atoms with Crippen LogP contribution in [0, 0.1) is 36.0 Å². The van der Waals surface area contributed by atoms with Gasteiger partial charge in [-0.3, -0.25) is 9.59 Å². The lowest BCUT2D eigenvalue weighted by Crippen LogP contribution is -2.30. The first-order valence-electron chi connectivity index (χ1n) is 7.23. The summed E-state index contributed by atoms with van der Waals surface area (Å²) in [6.07, 6.45) is 0. The van der Waals surface area contributed by atoms with Crippen molar-refractivity contribution in [1.82, 2.24) is 5.32 Å². The summed E-state index contributed by atoms with van der Waals surface area (Å²) in [4.78, 5) is 23.4. The van der Waals surface area contributed by atoms with Gasteiger partial charge < -0.3 is 10.1 Å². The van der Waals surface area contributed by atoms with Crippen LogP contribution in [0.5, 0.6) is 0 Å². The van der Waals surface area contributed by atoms with Gasteiger partial charge in [-0.15, -0.1) is 0 Å². The van der Waals surface area contributed by atoms with Crippen LogP contribution in [-0.4, -0.2) is 18.4 Å². The van der Waals surface area contributed by atoms with E-state index in [1.807, 2.05) is 0 Å². The molecule has 0 unspecified atom stereocenters. The van der Waals surface area contributed by atoms with E-state index in [0.717, 1.165) is 5.56 Å². The second-order valence-electron chi connectivity index (χ2n) is 5.26. The van der Waals surface area contributed by atoms with Crippen LogP contribution in [0.2, 0.25) is 0 Å². The molecule has 0 aliphatic heterocycles. The highest BCUT2D eigenvalue weighted by Crippen LogP contribution is 2.23. The lowest BCUT2D eigenvalue weighted by molar-refractivity contribution is -0.143. The molecule has 0 aromatic heterocycles. The zero-order chi connectivity index (χ0) is 19.4. The summed E-state index contributed by atoms with van der Waals surface area (Å²) in [5, 5.41) is 2.21. The predicted octanol–water partition coefficient (Wildman–Crippen LogP) is 3.16. The third kappa shape index (κ3) is 4.16. The summed E-state index contributed by atoms with van der Waals surface area (Å²) in [5.41, 5.74) is -0.191. The third-order valence-corrected chi connectivity index (χ3v) is 3.35. The van der Waals surface area contributed by atoms with E-state index in [4.69, 9.17) is 0 Å². The van der Waals surface area contributed by atoms with Gasteiger partial charge in [0.05, 0.1) is 5.56 Å². The van der Waals surface area contributed by atoms with Gasteiger partial charge in [0, 0.05) is 5.56 Å². The molecule has 1 N–H and O–H groups in total. The number of carbonyl (C=O) groups excluding carboxylic acids is 2. The standard InChI is InChI=1S/C17H12F5NO3/c1-8-3-2-4-9(5-8)17(25)23-6-11(24)26-7-10-12(18)14(20)16(22)15(21)13(10)19/h2-5H,6-7H2,1H3,(H,23,25). The molecule has 4 nitrogen and oxygen atoms in total. The minimum Gasteiger partial charge on any atom is -0.459 e. The van der Waals surface area contributed by atoms with Crippen LogP contribution < -0.4 is 5.32 Å². The Morgan fingerprint density at radius 2 is 1.54 bits per heavy atom. The van der Waals surface area contributed by atoms with Crippen molar-refractivity contribution in [3.63, 3.8) is 0 Å². The third-order valence-electron chi connectivity index (χ3n) is 3.35. The Balaban J connectivity index is 1.97. The van der Waals surface area contributed by atoms with Gasteiger partial charge >= 0.3 is 5.97 Å². The van der Waals surface area contributed by atoms with Crippen LogP contribution in [0.3, 0.4) is 0 Å². The number of halogens is 5. The molecule has 0 radical (unpaired) electrons. The van der Waals surface area contributed by atoms with E-state index < -0.39 is 59.7 Å². The molecule has 2 rings (SSSR count). The summed E-state index contributed by atoms with van der Waals surface area (Å²) >= 11 is 0. The summed E-state index contributed by atoms with van der Waals surface area (Å²) in [5.74, 6) is -12.5. The Morgan fingerprint density at radius 1 is 0.962 bits per heavy atom. The average Bonchev–Trinajstić information content (AvgIpc) is 2.62. The predicted molar refractivity (Wildman–Crippen MR) is 79.5 cm³/mol. The van der Waals surface area contributed by atoms with Gasteiger partial charge in [-0.25, -0.2) is 22.0 Å². The van der Waals surface area contributed by atoms with Crippen molar-refractivity contribution in [2.75, 3.05) is 6.54 Å². The van der Waals surface area contributed by atoms with Crippen molar-refractivity contribution < 1.29 is 36.3 Å². The molecule has 0 saturated heterocycles. The quantitative estimate of drug-likeness (QED) is 0.379. The van der Waals surface area contributed by atoms with E-state index in [0.29, 0.717) is 0 Å². The molecule has 26 heavy (non-hydrogen) atoms. The summed E-state index contributed by atoms with van der Waals surface area (Å²) < 4.78 is 70.3. The highest BCUT2D eigenvalue weighted by Gasteiger charge is 2.26. The molecule has 0 spiro atoms. The van der Waals surface area contributed by atoms with Crippen molar-refractivity contribution in [1.29, 1.82) is 0 Å². The Labute approximate surface area is 144 Å². The Hall–Kier alpha value is -2.97. The minimum absolute atomic E-state index is 0.276. The molecular formula is C17H12F5NO3. The van der Waals surface area contributed by atoms with Crippen LogP contribution in [0.25, 0.3) is 0 Å². The molecule has 0 atom stereocenters. The largest absolute Gasteiger partial charge is 0.459 e. The van der Waals surface area contributed by atoms with Gasteiger partial charge in [0.1, 0.15) is 13.2 Å². The monoisotopic (exact) mass is 373 g/mol. The van der Waals surface area contributed by atoms with Crippen LogP contribution in [0.15, 0.2) is 24.3 Å². The molecule has 2 aromatic carbocycles. The Kier molecular flexibility index (Phi) is 5.91. The second-order valence-corrected chi connectivity index (χ2v) is 5.26. The molecule has 0 aliphatic rings. The first-order valence-corrected chi connectivity index (χ1v) is 7.23. The number of aryl methyl sites for hydroxylation is 1. The maximum absolute atomic E-state index is 13.4. The van der Waals surface area contributed by atoms with Crippen LogP contribution in [0.1, 0.15) is 21.5 Å². The van der Waals surface area contributed by atoms with Crippen molar-refractivity contribution in [3.05, 3.63) is 70.0 Å². The SMILES string of the molecule is Cc1cccc(C(=O)NCC(=O)OCc2c(F)c(F)c(F)c(F)c2F)c1. The van der Waals surface area contributed by atoms with E-state index in [1.54, 1.807) is 25.1 Å². The Bertz CT molecular complexity index is 841. The van der Waals surface area contributed by atoms with Gasteiger partial charge in [-0.05, 0) is 19.1 Å². The minimum atomic E-state index is -2.31. The number of hydrogen-bond donors (Lipinski definition) is 1. The lowest BCUT2D eigenvalue weighted by Gasteiger charge is -2.10. The van der Waals surface area contributed by atoms with Gasteiger partial charge in [0.25, 0.3) is 5.91 Å². The smallest absolute Gasteiger partial charge is 0.325 e. The van der Waals surface area contributed by atoms with E-state index >= 15 is 0 Å². The number of ether oxygens (including phenoxy) is 1. The van der Waals surface area contributed by atoms with Crippen molar-refractivity contribution in [3.8, 4) is 0 Å².